The summed E-state index contributed by atoms with van der Waals surface area (Å²) in [5, 5.41) is 9.64. The Balaban J connectivity index is 2.49. The zero-order valence-corrected chi connectivity index (χ0v) is 11.2. The smallest absolute Gasteiger partial charge is 0.369 e. The van der Waals surface area contributed by atoms with Crippen molar-refractivity contribution in [2.24, 2.45) is 0 Å². The number of hydrogen-bond donors (Lipinski definition) is 1. The Morgan fingerprint density at radius 1 is 1.40 bits per heavy atom. The van der Waals surface area contributed by atoms with Crippen molar-refractivity contribution in [3.05, 3.63) is 34.0 Å². The van der Waals surface area contributed by atoms with E-state index < -0.39 is 23.9 Å². The summed E-state index contributed by atoms with van der Waals surface area (Å²) in [7, 11) is 0. The Kier molecular flexibility index (Phi) is 3.51. The summed E-state index contributed by atoms with van der Waals surface area (Å²) in [5.74, 6) is -1.07. The molecule has 1 aliphatic heterocycles. The molecule has 0 aromatic carbocycles. The number of aliphatic hydroxyl groups is 1. The topological polar surface area (TPSA) is 53.4 Å². The number of halogens is 4. The van der Waals surface area contributed by atoms with Crippen molar-refractivity contribution in [2.75, 3.05) is 4.90 Å². The zero-order valence-electron chi connectivity index (χ0n) is 10.5. The average molecular weight is 307 g/mol. The molecule has 1 aromatic rings. The monoisotopic (exact) mass is 306 g/mol. The van der Waals surface area contributed by atoms with Crippen LogP contribution in [-0.2, 0) is 11.0 Å². The molecule has 1 unspecified atom stereocenters. The number of aliphatic hydroxyl groups excluding tert-OH is 1. The van der Waals surface area contributed by atoms with E-state index in [1.807, 2.05) is 0 Å². The summed E-state index contributed by atoms with van der Waals surface area (Å²) in [6.07, 6.45) is -4.98. The van der Waals surface area contributed by atoms with Gasteiger partial charge in [0, 0.05) is 11.8 Å². The number of aromatic nitrogens is 1. The molecule has 1 aliphatic rings. The van der Waals surface area contributed by atoms with Gasteiger partial charge in [-0.15, -0.1) is 0 Å². The molecule has 1 amide bonds. The maximum atomic E-state index is 12.8. The fraction of sp³-hybridized carbons (Fsp3) is 0.333. The summed E-state index contributed by atoms with van der Waals surface area (Å²) in [4.78, 5) is 16.3. The molecule has 4 nitrogen and oxygen atoms in total. The van der Waals surface area contributed by atoms with Crippen LogP contribution < -0.4 is 4.90 Å². The lowest BCUT2D eigenvalue weighted by molar-refractivity contribution is -0.138. The van der Waals surface area contributed by atoms with Gasteiger partial charge in [0.25, 0.3) is 5.91 Å². The number of alkyl halides is 3. The number of anilines is 1. The maximum absolute atomic E-state index is 12.8. The maximum Gasteiger partial charge on any atom is 0.416 e. The molecule has 1 N–H and O–H groups in total. The average Bonchev–Trinajstić information content (AvgIpc) is 2.54. The Morgan fingerprint density at radius 2 is 2.00 bits per heavy atom. The van der Waals surface area contributed by atoms with Crippen molar-refractivity contribution in [1.29, 1.82) is 0 Å². The third-order valence-electron chi connectivity index (χ3n) is 3.03. The molecule has 2 heterocycles. The van der Waals surface area contributed by atoms with Crippen LogP contribution in [0.1, 0.15) is 18.1 Å². The molecule has 2 rings (SSSR count). The second-order valence-electron chi connectivity index (χ2n) is 4.40. The largest absolute Gasteiger partial charge is 0.416 e. The summed E-state index contributed by atoms with van der Waals surface area (Å²) in [5.41, 5.74) is -0.811. The number of rotatable bonds is 1. The van der Waals surface area contributed by atoms with E-state index in [2.05, 4.69) is 4.98 Å². The number of hydrogen-bond acceptors (Lipinski definition) is 3. The molecule has 8 heteroatoms. The summed E-state index contributed by atoms with van der Waals surface area (Å²) >= 11 is 5.69. The van der Waals surface area contributed by atoms with Gasteiger partial charge in [-0.05, 0) is 25.5 Å². The normalized spacial score (nSPS) is 20.1. The first-order valence-corrected chi connectivity index (χ1v) is 5.94. The minimum atomic E-state index is -4.57. The molecule has 1 aromatic heterocycles. The molecule has 1 atom stereocenters. The van der Waals surface area contributed by atoms with Gasteiger partial charge in [-0.2, -0.15) is 13.2 Å². The van der Waals surface area contributed by atoms with E-state index in [9.17, 15) is 23.1 Å². The van der Waals surface area contributed by atoms with Crippen LogP contribution in [0, 0.1) is 6.92 Å². The Bertz CT molecular complexity index is 613. The van der Waals surface area contributed by atoms with Gasteiger partial charge in [0.05, 0.1) is 5.56 Å². The number of carbonyl (C=O) groups excluding carboxylic acids is 1. The van der Waals surface area contributed by atoms with E-state index in [1.54, 1.807) is 0 Å². The zero-order chi connectivity index (χ0) is 15.2. The van der Waals surface area contributed by atoms with Gasteiger partial charge in [0.1, 0.15) is 10.9 Å². The highest BCUT2D eigenvalue weighted by atomic mass is 35.5. The number of aryl methyl sites for hydroxylation is 1. The van der Waals surface area contributed by atoms with Crippen molar-refractivity contribution in [1.82, 2.24) is 4.98 Å². The quantitative estimate of drug-likeness (QED) is 0.867. The first-order valence-electron chi connectivity index (χ1n) is 5.56. The van der Waals surface area contributed by atoms with Crippen molar-refractivity contribution in [3.8, 4) is 0 Å². The molecular weight excluding hydrogens is 297 g/mol. The molecule has 0 radical (unpaired) electrons. The highest BCUT2D eigenvalue weighted by Crippen LogP contribution is 2.36. The molecule has 0 aliphatic carbocycles. The third kappa shape index (κ3) is 2.27. The fourth-order valence-corrected chi connectivity index (χ4v) is 2.06. The van der Waals surface area contributed by atoms with E-state index in [-0.39, 0.29) is 22.0 Å². The summed E-state index contributed by atoms with van der Waals surface area (Å²) in [6.45, 7) is 2.68. The van der Waals surface area contributed by atoms with Crippen LogP contribution in [0.5, 0.6) is 0 Å². The number of pyridine rings is 1. The van der Waals surface area contributed by atoms with Gasteiger partial charge in [-0.3, -0.25) is 9.69 Å². The van der Waals surface area contributed by atoms with Gasteiger partial charge in [-0.25, -0.2) is 4.98 Å². The lowest BCUT2D eigenvalue weighted by Crippen LogP contribution is -2.36. The van der Waals surface area contributed by atoms with Crippen LogP contribution in [-0.4, -0.2) is 22.2 Å². The molecule has 0 bridgehead atoms. The van der Waals surface area contributed by atoms with Gasteiger partial charge >= 0.3 is 6.18 Å². The molecule has 0 saturated carbocycles. The van der Waals surface area contributed by atoms with Crippen LogP contribution in [0.15, 0.2) is 22.9 Å². The summed E-state index contributed by atoms with van der Waals surface area (Å²) in [6, 6.07) is 0.721. The molecular formula is C12H10ClF3N2O2. The lowest BCUT2D eigenvalue weighted by atomic mass is 10.1. The van der Waals surface area contributed by atoms with Crippen LogP contribution in [0.25, 0.3) is 0 Å². The van der Waals surface area contributed by atoms with Crippen LogP contribution in [0.3, 0.4) is 0 Å². The number of amides is 1. The third-order valence-corrected chi connectivity index (χ3v) is 3.49. The highest BCUT2D eigenvalue weighted by Gasteiger charge is 2.39. The second kappa shape index (κ2) is 4.75. The minimum absolute atomic E-state index is 0.0711. The van der Waals surface area contributed by atoms with Gasteiger partial charge in [0.2, 0.25) is 0 Å². The van der Waals surface area contributed by atoms with E-state index in [0.29, 0.717) is 0 Å². The second-order valence-corrected chi connectivity index (χ2v) is 4.78. The number of carbonyl (C=O) groups is 1. The predicted octanol–water partition coefficient (Wildman–Crippen LogP) is 2.59. The van der Waals surface area contributed by atoms with Crippen molar-refractivity contribution in [2.45, 2.75) is 26.3 Å². The Hall–Kier alpha value is -1.60. The van der Waals surface area contributed by atoms with Crippen molar-refractivity contribution >= 4 is 23.3 Å². The van der Waals surface area contributed by atoms with Crippen molar-refractivity contribution in [3.63, 3.8) is 0 Å². The first-order chi connectivity index (χ1) is 9.14. The molecule has 20 heavy (non-hydrogen) atoms. The van der Waals surface area contributed by atoms with Crippen LogP contribution in [0.2, 0.25) is 0 Å². The van der Waals surface area contributed by atoms with E-state index >= 15 is 0 Å². The van der Waals surface area contributed by atoms with Crippen molar-refractivity contribution < 1.29 is 23.1 Å². The molecule has 0 spiro atoms. The van der Waals surface area contributed by atoms with Gasteiger partial charge in [-0.1, -0.05) is 11.6 Å². The molecule has 0 fully saturated rings. The molecule has 108 valence electrons. The van der Waals surface area contributed by atoms with Crippen LogP contribution in [0.4, 0.5) is 19.0 Å². The van der Waals surface area contributed by atoms with E-state index in [4.69, 9.17) is 11.6 Å². The Morgan fingerprint density at radius 3 is 2.45 bits per heavy atom. The Labute approximate surface area is 117 Å². The standard InChI is InChI=1S/C12H10ClF3N2O2/c1-5-4-17-8(3-7(5)12(14,15)16)18-10(19)6(2)9(13)11(18)20/h3-4,10,19H,1-2H3. The first kappa shape index (κ1) is 14.8. The lowest BCUT2D eigenvalue weighted by Gasteiger charge is -2.22. The van der Waals surface area contributed by atoms with Gasteiger partial charge < -0.3 is 5.11 Å². The van der Waals surface area contributed by atoms with E-state index in [1.165, 1.54) is 13.8 Å². The number of nitrogens with zero attached hydrogens (tertiary/aromatic N) is 2. The van der Waals surface area contributed by atoms with E-state index in [0.717, 1.165) is 17.2 Å². The SMILES string of the molecule is CC1=C(Cl)C(=O)N(c2cc(C(F)(F)F)c(C)cn2)C1O. The summed E-state index contributed by atoms with van der Waals surface area (Å²) < 4.78 is 38.5. The minimum Gasteiger partial charge on any atom is -0.369 e. The van der Waals surface area contributed by atoms with Crippen LogP contribution >= 0.6 is 11.6 Å². The predicted molar refractivity (Wildman–Crippen MR) is 66.0 cm³/mol. The van der Waals surface area contributed by atoms with Gasteiger partial charge in [0.15, 0.2) is 6.23 Å². The fourth-order valence-electron chi connectivity index (χ4n) is 1.87. The highest BCUT2D eigenvalue weighted by molar-refractivity contribution is 6.45. The molecule has 0 saturated heterocycles.